The van der Waals surface area contributed by atoms with Crippen molar-refractivity contribution in [1.29, 1.82) is 0 Å². The Kier molecular flexibility index (Phi) is 4.62. The number of fused-ring (bicyclic) bond motifs is 2. The number of carbonyl (C=O) groups is 1. The lowest BCUT2D eigenvalue weighted by atomic mass is 9.97. The Hall–Kier alpha value is -1.23. The maximum Gasteiger partial charge on any atom is 0.167 e. The summed E-state index contributed by atoms with van der Waals surface area (Å²) >= 11 is 5.27. The number of rotatable bonds is 3. The van der Waals surface area contributed by atoms with E-state index in [0.717, 1.165) is 34.1 Å². The first-order valence-corrected chi connectivity index (χ1v) is 8.98. The topological polar surface area (TPSA) is 20.3 Å². The van der Waals surface area contributed by atoms with Crippen LogP contribution in [0, 0.1) is 0 Å². The number of halogens is 1. The molecule has 0 saturated carbocycles. The van der Waals surface area contributed by atoms with E-state index in [1.54, 1.807) is 11.3 Å². The number of hydrogen-bond donors (Lipinski definition) is 0. The van der Waals surface area contributed by atoms with Crippen LogP contribution in [0.1, 0.15) is 32.8 Å². The fraction of sp³-hybridized carbons (Fsp3) is 0.278. The van der Waals surface area contributed by atoms with Gasteiger partial charge in [0.15, 0.2) is 5.78 Å². The molecule has 4 heteroatoms. The zero-order valence-corrected chi connectivity index (χ0v) is 15.1. The van der Waals surface area contributed by atoms with E-state index in [1.807, 2.05) is 12.1 Å². The van der Waals surface area contributed by atoms with Crippen molar-refractivity contribution in [3.8, 4) is 0 Å². The zero-order chi connectivity index (χ0) is 15.7. The molecule has 0 fully saturated rings. The van der Waals surface area contributed by atoms with Crippen LogP contribution in [0.4, 0.5) is 0 Å². The quantitative estimate of drug-likeness (QED) is 0.778. The van der Waals surface area contributed by atoms with Crippen LogP contribution >= 0.6 is 27.3 Å². The Bertz CT molecular complexity index is 745. The Morgan fingerprint density at radius 2 is 2.09 bits per heavy atom. The largest absolute Gasteiger partial charge is 0.309 e. The van der Waals surface area contributed by atoms with Crippen molar-refractivity contribution in [2.45, 2.75) is 12.8 Å². The Labute approximate surface area is 143 Å². The van der Waals surface area contributed by atoms with Crippen molar-refractivity contribution in [2.75, 3.05) is 20.6 Å². The second-order valence-corrected chi connectivity index (χ2v) is 7.61. The van der Waals surface area contributed by atoms with Gasteiger partial charge < -0.3 is 4.90 Å². The second-order valence-electron chi connectivity index (χ2n) is 5.77. The van der Waals surface area contributed by atoms with Gasteiger partial charge in [-0.15, -0.1) is 11.3 Å². The van der Waals surface area contributed by atoms with Crippen LogP contribution < -0.4 is 0 Å². The molecule has 0 unspecified atom stereocenters. The Morgan fingerprint density at radius 1 is 1.27 bits per heavy atom. The maximum atomic E-state index is 12.6. The van der Waals surface area contributed by atoms with Crippen molar-refractivity contribution < 1.29 is 4.79 Å². The van der Waals surface area contributed by atoms with Crippen LogP contribution in [-0.4, -0.2) is 31.3 Å². The SMILES string of the molecule is CN(C)CCC=C1c2cc(Br)ccc2C(=O)Cc2ccsc21. The van der Waals surface area contributed by atoms with Gasteiger partial charge in [-0.2, -0.15) is 0 Å². The third kappa shape index (κ3) is 3.09. The van der Waals surface area contributed by atoms with E-state index in [9.17, 15) is 4.79 Å². The zero-order valence-electron chi connectivity index (χ0n) is 12.7. The molecule has 0 aliphatic heterocycles. The van der Waals surface area contributed by atoms with Crippen molar-refractivity contribution in [3.05, 3.63) is 61.8 Å². The van der Waals surface area contributed by atoms with Crippen LogP contribution in [-0.2, 0) is 6.42 Å². The number of benzene rings is 1. The monoisotopic (exact) mass is 375 g/mol. The molecule has 1 aromatic heterocycles. The standard InChI is InChI=1S/C18H18BrNOS/c1-20(2)8-3-4-15-16-11-13(19)5-6-14(16)17(21)10-12-7-9-22-18(12)15/h4-7,9,11H,3,8,10H2,1-2H3. The van der Waals surface area contributed by atoms with E-state index in [4.69, 9.17) is 0 Å². The summed E-state index contributed by atoms with van der Waals surface area (Å²) in [5.74, 6) is 0.207. The lowest BCUT2D eigenvalue weighted by Gasteiger charge is -2.11. The van der Waals surface area contributed by atoms with Crippen LogP contribution in [0.25, 0.3) is 5.57 Å². The van der Waals surface area contributed by atoms with Crippen molar-refractivity contribution in [1.82, 2.24) is 4.90 Å². The van der Waals surface area contributed by atoms with Crippen molar-refractivity contribution >= 4 is 38.6 Å². The lowest BCUT2D eigenvalue weighted by molar-refractivity contribution is 0.0993. The molecule has 114 valence electrons. The Morgan fingerprint density at radius 3 is 2.86 bits per heavy atom. The first-order valence-electron chi connectivity index (χ1n) is 7.31. The highest BCUT2D eigenvalue weighted by molar-refractivity contribution is 9.10. The predicted molar refractivity (Wildman–Crippen MR) is 96.7 cm³/mol. The average Bonchev–Trinajstić information content (AvgIpc) is 2.87. The van der Waals surface area contributed by atoms with E-state index < -0.39 is 0 Å². The number of nitrogens with zero attached hydrogens (tertiary/aromatic N) is 1. The normalized spacial score (nSPS) is 15.8. The highest BCUT2D eigenvalue weighted by Crippen LogP contribution is 2.38. The highest BCUT2D eigenvalue weighted by Gasteiger charge is 2.24. The number of ketones is 1. The van der Waals surface area contributed by atoms with E-state index in [1.165, 1.54) is 10.5 Å². The number of Topliss-reactive ketones (excluding diaryl/α,β-unsaturated/α-hetero) is 1. The molecule has 1 aliphatic rings. The molecule has 0 saturated heterocycles. The van der Waals surface area contributed by atoms with Gasteiger partial charge in [-0.3, -0.25) is 4.79 Å². The molecular weight excluding hydrogens is 358 g/mol. The summed E-state index contributed by atoms with van der Waals surface area (Å²) in [6, 6.07) is 8.05. The number of hydrogen-bond acceptors (Lipinski definition) is 3. The molecule has 0 amide bonds. The molecule has 22 heavy (non-hydrogen) atoms. The molecule has 0 radical (unpaired) electrons. The predicted octanol–water partition coefficient (Wildman–Crippen LogP) is 4.63. The third-order valence-corrected chi connectivity index (χ3v) is 5.32. The van der Waals surface area contributed by atoms with Gasteiger partial charge in [0.2, 0.25) is 0 Å². The minimum Gasteiger partial charge on any atom is -0.309 e. The third-order valence-electron chi connectivity index (χ3n) is 3.84. The molecule has 1 heterocycles. The van der Waals surface area contributed by atoms with Gasteiger partial charge in [0.05, 0.1) is 0 Å². The first kappa shape index (κ1) is 15.7. The van der Waals surface area contributed by atoms with Crippen molar-refractivity contribution in [3.63, 3.8) is 0 Å². The fourth-order valence-electron chi connectivity index (χ4n) is 2.75. The molecule has 3 rings (SSSR count). The summed E-state index contributed by atoms with van der Waals surface area (Å²) < 4.78 is 1.01. The van der Waals surface area contributed by atoms with Crippen LogP contribution in [0.3, 0.4) is 0 Å². The summed E-state index contributed by atoms with van der Waals surface area (Å²) in [5, 5.41) is 2.08. The number of thiophene rings is 1. The van der Waals surface area contributed by atoms with Gasteiger partial charge in [-0.05, 0) is 66.9 Å². The van der Waals surface area contributed by atoms with Gasteiger partial charge in [0.1, 0.15) is 0 Å². The Balaban J connectivity index is 2.13. The number of carbonyl (C=O) groups excluding carboxylic acids is 1. The molecule has 0 N–H and O–H groups in total. The highest BCUT2D eigenvalue weighted by atomic mass is 79.9. The summed E-state index contributed by atoms with van der Waals surface area (Å²) in [6.07, 6.45) is 3.75. The fourth-order valence-corrected chi connectivity index (χ4v) is 4.10. The van der Waals surface area contributed by atoms with Gasteiger partial charge in [0, 0.05) is 27.9 Å². The molecule has 0 bridgehead atoms. The van der Waals surface area contributed by atoms with E-state index in [-0.39, 0.29) is 5.78 Å². The molecule has 1 aromatic carbocycles. The minimum absolute atomic E-state index is 0.207. The minimum atomic E-state index is 0.207. The van der Waals surface area contributed by atoms with Crippen LogP contribution in [0.2, 0.25) is 0 Å². The van der Waals surface area contributed by atoms with Crippen LogP contribution in [0.15, 0.2) is 40.2 Å². The van der Waals surface area contributed by atoms with Gasteiger partial charge in [-0.25, -0.2) is 0 Å². The van der Waals surface area contributed by atoms with Gasteiger partial charge in [-0.1, -0.05) is 22.0 Å². The van der Waals surface area contributed by atoms with Gasteiger partial charge in [0.25, 0.3) is 0 Å². The molecule has 2 aromatic rings. The summed E-state index contributed by atoms with van der Waals surface area (Å²) in [6.45, 7) is 1.00. The van der Waals surface area contributed by atoms with Crippen LogP contribution in [0.5, 0.6) is 0 Å². The first-order chi connectivity index (χ1) is 10.6. The smallest absolute Gasteiger partial charge is 0.167 e. The molecule has 0 spiro atoms. The van der Waals surface area contributed by atoms with Gasteiger partial charge >= 0.3 is 0 Å². The summed E-state index contributed by atoms with van der Waals surface area (Å²) in [7, 11) is 4.16. The average molecular weight is 376 g/mol. The summed E-state index contributed by atoms with van der Waals surface area (Å²) in [4.78, 5) is 16.0. The second kappa shape index (κ2) is 6.49. The van der Waals surface area contributed by atoms with E-state index in [0.29, 0.717) is 6.42 Å². The molecular formula is C18H18BrNOS. The van der Waals surface area contributed by atoms with E-state index in [2.05, 4.69) is 58.5 Å². The molecule has 1 aliphatic carbocycles. The molecule has 0 atom stereocenters. The van der Waals surface area contributed by atoms with Crippen molar-refractivity contribution in [2.24, 2.45) is 0 Å². The maximum absolute atomic E-state index is 12.6. The lowest BCUT2D eigenvalue weighted by Crippen LogP contribution is -2.12. The molecule has 2 nitrogen and oxygen atoms in total. The summed E-state index contributed by atoms with van der Waals surface area (Å²) in [5.41, 5.74) is 4.24. The van der Waals surface area contributed by atoms with E-state index >= 15 is 0 Å².